The Labute approximate surface area is 161 Å². The van der Waals surface area contributed by atoms with E-state index in [1.165, 1.54) is 11.8 Å². The minimum absolute atomic E-state index is 0.0120. The fraction of sp³-hybridized carbons (Fsp3) is 0.211. The van der Waals surface area contributed by atoms with E-state index in [2.05, 4.69) is 15.5 Å². The second kappa shape index (κ2) is 8.87. The number of thioether (sulfide) groups is 1. The van der Waals surface area contributed by atoms with Gasteiger partial charge in [-0.05, 0) is 30.2 Å². The first-order valence-electron chi connectivity index (χ1n) is 8.31. The monoisotopic (exact) mass is 386 g/mol. The predicted octanol–water partition coefficient (Wildman–Crippen LogP) is 4.11. The fourth-order valence-electron chi connectivity index (χ4n) is 2.46. The van der Waals surface area contributed by atoms with Crippen LogP contribution >= 0.6 is 23.4 Å². The number of benzene rings is 2. The molecule has 134 valence electrons. The van der Waals surface area contributed by atoms with Gasteiger partial charge in [0.25, 0.3) is 0 Å². The van der Waals surface area contributed by atoms with Gasteiger partial charge in [-0.25, -0.2) is 0 Å². The first-order chi connectivity index (χ1) is 12.7. The maximum Gasteiger partial charge on any atom is 0.233 e. The van der Waals surface area contributed by atoms with Gasteiger partial charge in [-0.15, -0.1) is 10.2 Å². The number of rotatable bonds is 7. The minimum Gasteiger partial charge on any atom is -0.351 e. The maximum atomic E-state index is 12.6. The van der Waals surface area contributed by atoms with Gasteiger partial charge in [0.2, 0.25) is 5.91 Å². The van der Waals surface area contributed by atoms with E-state index in [1.807, 2.05) is 66.1 Å². The first kappa shape index (κ1) is 18.5. The minimum atomic E-state index is -0.249. The molecule has 0 saturated heterocycles. The Hall–Kier alpha value is -2.31. The summed E-state index contributed by atoms with van der Waals surface area (Å²) in [6, 6.07) is 17.3. The largest absolute Gasteiger partial charge is 0.351 e. The van der Waals surface area contributed by atoms with Crippen molar-refractivity contribution in [1.82, 2.24) is 20.1 Å². The van der Waals surface area contributed by atoms with E-state index >= 15 is 0 Å². The van der Waals surface area contributed by atoms with Crippen LogP contribution in [-0.4, -0.2) is 25.9 Å². The Morgan fingerprint density at radius 3 is 2.77 bits per heavy atom. The van der Waals surface area contributed by atoms with E-state index in [4.69, 9.17) is 11.6 Å². The van der Waals surface area contributed by atoms with Crippen molar-refractivity contribution in [2.24, 2.45) is 0 Å². The molecular weight excluding hydrogens is 368 g/mol. The Balaban J connectivity index is 1.69. The summed E-state index contributed by atoms with van der Waals surface area (Å²) in [6.07, 6.45) is 2.32. The van der Waals surface area contributed by atoms with Crippen LogP contribution in [0.3, 0.4) is 0 Å². The second-order valence-electron chi connectivity index (χ2n) is 5.68. The first-order valence-corrected chi connectivity index (χ1v) is 9.57. The number of nitrogens with zero attached hydrogens (tertiary/aromatic N) is 3. The van der Waals surface area contributed by atoms with E-state index in [9.17, 15) is 4.79 Å². The molecule has 1 unspecified atom stereocenters. The topological polar surface area (TPSA) is 59.8 Å². The molecule has 0 radical (unpaired) electrons. The lowest BCUT2D eigenvalue weighted by atomic mass is 10.2. The summed E-state index contributed by atoms with van der Waals surface area (Å²) < 4.78 is 1.84. The summed E-state index contributed by atoms with van der Waals surface area (Å²) in [5, 5.41) is 12.2. The molecule has 3 rings (SSSR count). The summed E-state index contributed by atoms with van der Waals surface area (Å²) in [6.45, 7) is 2.50. The lowest BCUT2D eigenvalue weighted by molar-refractivity contribution is -0.120. The van der Waals surface area contributed by atoms with Gasteiger partial charge in [0, 0.05) is 11.6 Å². The molecule has 0 spiro atoms. The molecule has 0 aliphatic heterocycles. The summed E-state index contributed by atoms with van der Waals surface area (Å²) in [5.74, 6) is -0.0120. The molecule has 26 heavy (non-hydrogen) atoms. The van der Waals surface area contributed by atoms with Crippen molar-refractivity contribution in [2.75, 3.05) is 0 Å². The van der Waals surface area contributed by atoms with Gasteiger partial charge in [0.1, 0.15) is 6.33 Å². The Morgan fingerprint density at radius 1 is 1.23 bits per heavy atom. The third-order valence-electron chi connectivity index (χ3n) is 3.82. The highest BCUT2D eigenvalue weighted by Gasteiger charge is 2.21. The standard InChI is InChI=1S/C19H19ClN4OS/c1-2-17(18(25)21-12-14-7-4-3-5-8-14)26-19-23-22-13-24(19)16-10-6-9-15(20)11-16/h3-11,13,17H,2,12H2,1H3,(H,21,25). The van der Waals surface area contributed by atoms with E-state index in [0.29, 0.717) is 23.1 Å². The van der Waals surface area contributed by atoms with Crippen LogP contribution < -0.4 is 5.32 Å². The molecule has 2 aromatic carbocycles. The molecular formula is C19H19ClN4OS. The van der Waals surface area contributed by atoms with Crippen molar-refractivity contribution in [3.63, 3.8) is 0 Å². The van der Waals surface area contributed by atoms with Gasteiger partial charge >= 0.3 is 0 Å². The molecule has 5 nitrogen and oxygen atoms in total. The second-order valence-corrected chi connectivity index (χ2v) is 7.29. The zero-order valence-corrected chi connectivity index (χ0v) is 15.9. The predicted molar refractivity (Wildman–Crippen MR) is 105 cm³/mol. The molecule has 7 heteroatoms. The lowest BCUT2D eigenvalue weighted by Crippen LogP contribution is -2.32. The number of hydrogen-bond donors (Lipinski definition) is 1. The zero-order valence-electron chi connectivity index (χ0n) is 14.3. The van der Waals surface area contributed by atoms with Gasteiger partial charge < -0.3 is 5.32 Å². The molecule has 3 aromatic rings. The number of carbonyl (C=O) groups excluding carboxylic acids is 1. The van der Waals surface area contributed by atoms with Crippen LogP contribution in [0.25, 0.3) is 5.69 Å². The maximum absolute atomic E-state index is 12.6. The van der Waals surface area contributed by atoms with Crippen LogP contribution in [-0.2, 0) is 11.3 Å². The summed E-state index contributed by atoms with van der Waals surface area (Å²) >= 11 is 7.47. The van der Waals surface area contributed by atoms with E-state index in [0.717, 1.165) is 11.3 Å². The normalized spacial score (nSPS) is 11.9. The van der Waals surface area contributed by atoms with Crippen molar-refractivity contribution >= 4 is 29.3 Å². The molecule has 0 fully saturated rings. The van der Waals surface area contributed by atoms with Crippen molar-refractivity contribution in [3.05, 3.63) is 71.5 Å². The average molecular weight is 387 g/mol. The third-order valence-corrected chi connectivity index (χ3v) is 5.38. The highest BCUT2D eigenvalue weighted by Crippen LogP contribution is 2.26. The van der Waals surface area contributed by atoms with Crippen molar-refractivity contribution in [2.45, 2.75) is 30.3 Å². The van der Waals surface area contributed by atoms with Crippen LogP contribution in [0.1, 0.15) is 18.9 Å². The van der Waals surface area contributed by atoms with E-state index < -0.39 is 0 Å². The Bertz CT molecular complexity index is 869. The van der Waals surface area contributed by atoms with Crippen LogP contribution in [0.4, 0.5) is 0 Å². The molecule has 1 N–H and O–H groups in total. The summed E-state index contributed by atoms with van der Waals surface area (Å²) in [4.78, 5) is 12.6. The zero-order chi connectivity index (χ0) is 18.4. The van der Waals surface area contributed by atoms with Gasteiger partial charge in [0.05, 0.1) is 10.9 Å². The van der Waals surface area contributed by atoms with E-state index in [1.54, 1.807) is 6.33 Å². The quantitative estimate of drug-likeness (QED) is 0.621. The van der Waals surface area contributed by atoms with Crippen LogP contribution in [0.5, 0.6) is 0 Å². The van der Waals surface area contributed by atoms with Gasteiger partial charge in [-0.2, -0.15) is 0 Å². The van der Waals surface area contributed by atoms with Gasteiger partial charge in [-0.1, -0.05) is 66.7 Å². The Morgan fingerprint density at radius 2 is 2.04 bits per heavy atom. The van der Waals surface area contributed by atoms with Gasteiger partial charge in [0.15, 0.2) is 5.16 Å². The van der Waals surface area contributed by atoms with Crippen molar-refractivity contribution < 1.29 is 4.79 Å². The molecule has 1 atom stereocenters. The third kappa shape index (κ3) is 4.65. The summed E-state index contributed by atoms with van der Waals surface area (Å²) in [5.41, 5.74) is 1.94. The molecule has 0 aliphatic carbocycles. The highest BCUT2D eigenvalue weighted by molar-refractivity contribution is 8.00. The molecule has 0 aliphatic rings. The van der Waals surface area contributed by atoms with Crippen molar-refractivity contribution in [3.8, 4) is 5.69 Å². The number of nitrogens with one attached hydrogen (secondary N) is 1. The SMILES string of the molecule is CCC(Sc1nncn1-c1cccc(Cl)c1)C(=O)NCc1ccccc1. The number of carbonyl (C=O) groups is 1. The molecule has 1 amide bonds. The molecule has 0 bridgehead atoms. The molecule has 0 saturated carbocycles. The van der Waals surface area contributed by atoms with E-state index in [-0.39, 0.29) is 11.2 Å². The van der Waals surface area contributed by atoms with Crippen LogP contribution in [0.2, 0.25) is 5.02 Å². The van der Waals surface area contributed by atoms with Crippen molar-refractivity contribution in [1.29, 1.82) is 0 Å². The van der Waals surface area contributed by atoms with Crippen LogP contribution in [0, 0.1) is 0 Å². The Kier molecular flexibility index (Phi) is 6.30. The molecule has 1 heterocycles. The number of halogens is 1. The van der Waals surface area contributed by atoms with Gasteiger partial charge in [-0.3, -0.25) is 9.36 Å². The summed E-state index contributed by atoms with van der Waals surface area (Å²) in [7, 11) is 0. The molecule has 1 aromatic heterocycles. The fourth-order valence-corrected chi connectivity index (χ4v) is 3.61. The lowest BCUT2D eigenvalue weighted by Gasteiger charge is -2.15. The smallest absolute Gasteiger partial charge is 0.233 e. The number of amides is 1. The number of aromatic nitrogens is 3. The average Bonchev–Trinajstić information content (AvgIpc) is 3.13. The van der Waals surface area contributed by atoms with Crippen LogP contribution in [0.15, 0.2) is 66.1 Å². The number of hydrogen-bond acceptors (Lipinski definition) is 4. The highest BCUT2D eigenvalue weighted by atomic mass is 35.5.